The number of likely N-dealkylation sites (tertiary alicyclic amines) is 1. The van der Waals surface area contributed by atoms with Crippen LogP contribution in [0.4, 0.5) is 0 Å². The van der Waals surface area contributed by atoms with Crippen LogP contribution < -0.4 is 5.32 Å². The molecule has 1 unspecified atom stereocenters. The normalized spacial score (nSPS) is 23.9. The molecule has 2 aliphatic rings. The van der Waals surface area contributed by atoms with Gasteiger partial charge in [0.2, 0.25) is 0 Å². The number of hydrogen-bond acceptors (Lipinski definition) is 3. The molecule has 1 N–H and O–H groups in total. The van der Waals surface area contributed by atoms with Gasteiger partial charge in [-0.3, -0.25) is 4.79 Å². The molecule has 5 heteroatoms. The summed E-state index contributed by atoms with van der Waals surface area (Å²) in [5.74, 6) is 0.638. The quantitative estimate of drug-likeness (QED) is 0.852. The monoisotopic (exact) mass is 380 g/mol. The maximum atomic E-state index is 12.9. The lowest BCUT2D eigenvalue weighted by molar-refractivity contribution is 0.0886. The maximum Gasteiger partial charge on any atom is 0.251 e. The van der Waals surface area contributed by atoms with Crippen molar-refractivity contribution in [3.8, 4) is 5.69 Å². The molecular weight excluding hydrogens is 348 g/mol. The van der Waals surface area contributed by atoms with Gasteiger partial charge in [-0.25, -0.2) is 4.68 Å². The maximum absolute atomic E-state index is 12.9. The summed E-state index contributed by atoms with van der Waals surface area (Å²) in [6, 6.07) is 9.91. The molecular formula is C23H32N4O. The van der Waals surface area contributed by atoms with Gasteiger partial charge in [-0.2, -0.15) is 5.10 Å². The lowest BCUT2D eigenvalue weighted by Gasteiger charge is -2.35. The van der Waals surface area contributed by atoms with Gasteiger partial charge in [0.1, 0.15) is 0 Å². The number of rotatable bonds is 5. The summed E-state index contributed by atoms with van der Waals surface area (Å²) in [6.07, 6.45) is 13.9. The van der Waals surface area contributed by atoms with Gasteiger partial charge < -0.3 is 10.2 Å². The smallest absolute Gasteiger partial charge is 0.251 e. The third-order valence-electron chi connectivity index (χ3n) is 6.32. The summed E-state index contributed by atoms with van der Waals surface area (Å²) in [7, 11) is 0. The molecule has 0 bridgehead atoms. The van der Waals surface area contributed by atoms with Gasteiger partial charge in [0.15, 0.2) is 0 Å². The van der Waals surface area contributed by atoms with E-state index in [0.29, 0.717) is 12.0 Å². The fourth-order valence-corrected chi connectivity index (χ4v) is 4.71. The zero-order chi connectivity index (χ0) is 19.2. The summed E-state index contributed by atoms with van der Waals surface area (Å²) in [5.41, 5.74) is 1.70. The summed E-state index contributed by atoms with van der Waals surface area (Å²) in [4.78, 5) is 15.5. The lowest BCUT2D eigenvalue weighted by Crippen LogP contribution is -2.46. The van der Waals surface area contributed by atoms with Crippen molar-refractivity contribution in [3.05, 3.63) is 48.3 Å². The van der Waals surface area contributed by atoms with E-state index in [-0.39, 0.29) is 5.91 Å². The van der Waals surface area contributed by atoms with Gasteiger partial charge in [-0.15, -0.1) is 0 Å². The molecule has 0 radical (unpaired) electrons. The van der Waals surface area contributed by atoms with E-state index >= 15 is 0 Å². The molecule has 2 fully saturated rings. The van der Waals surface area contributed by atoms with Crippen molar-refractivity contribution in [2.45, 2.75) is 57.4 Å². The highest BCUT2D eigenvalue weighted by Crippen LogP contribution is 2.26. The molecule has 1 aromatic heterocycles. The Morgan fingerprint density at radius 2 is 1.75 bits per heavy atom. The molecule has 1 amide bonds. The Kier molecular flexibility index (Phi) is 6.42. The predicted molar refractivity (Wildman–Crippen MR) is 112 cm³/mol. The van der Waals surface area contributed by atoms with Crippen molar-refractivity contribution in [3.63, 3.8) is 0 Å². The van der Waals surface area contributed by atoms with Crippen molar-refractivity contribution < 1.29 is 4.79 Å². The highest BCUT2D eigenvalue weighted by Gasteiger charge is 2.28. The third kappa shape index (κ3) is 4.82. The van der Waals surface area contributed by atoms with Crippen LogP contribution in [0.15, 0.2) is 42.7 Å². The Morgan fingerprint density at radius 1 is 1.00 bits per heavy atom. The highest BCUT2D eigenvalue weighted by atomic mass is 16.1. The first-order valence-electron chi connectivity index (χ1n) is 10.9. The van der Waals surface area contributed by atoms with Crippen LogP contribution in [0.25, 0.3) is 5.69 Å². The second kappa shape index (κ2) is 9.37. The first-order valence-corrected chi connectivity index (χ1v) is 10.9. The Labute approximate surface area is 168 Å². The van der Waals surface area contributed by atoms with E-state index in [1.807, 2.05) is 36.5 Å². The van der Waals surface area contributed by atoms with Gasteiger partial charge in [0, 0.05) is 30.5 Å². The summed E-state index contributed by atoms with van der Waals surface area (Å²) >= 11 is 0. The average molecular weight is 381 g/mol. The first kappa shape index (κ1) is 19.2. The molecule has 1 aromatic carbocycles. The Hall–Kier alpha value is -2.14. The molecule has 1 saturated carbocycles. The molecule has 150 valence electrons. The number of benzene rings is 1. The molecule has 2 aromatic rings. The van der Waals surface area contributed by atoms with Crippen LogP contribution in [0.1, 0.15) is 61.7 Å². The van der Waals surface area contributed by atoms with E-state index in [4.69, 9.17) is 0 Å². The van der Waals surface area contributed by atoms with E-state index in [2.05, 4.69) is 15.3 Å². The first-order chi connectivity index (χ1) is 13.8. The molecule has 1 saturated heterocycles. The molecule has 1 aliphatic carbocycles. The van der Waals surface area contributed by atoms with Crippen LogP contribution in [-0.4, -0.2) is 46.3 Å². The standard InChI is InChI=1S/C23H32N4O/c28-23(19-10-12-21(13-11-19)27-17-7-14-24-27)25-22-9-4-3-8-20(22)18-26-15-5-1-2-6-16-26/h7,10-14,17,20,22H,1-6,8-9,15-16,18H2,(H,25,28)/t20-,22?/m0/s1. The molecule has 1 aliphatic heterocycles. The van der Waals surface area contributed by atoms with Gasteiger partial charge in [0.25, 0.3) is 5.91 Å². The van der Waals surface area contributed by atoms with Crippen LogP contribution in [-0.2, 0) is 0 Å². The molecule has 2 atom stereocenters. The second-order valence-corrected chi connectivity index (χ2v) is 8.34. The predicted octanol–water partition coefficient (Wildman–Crippen LogP) is 4.04. The van der Waals surface area contributed by atoms with Crippen molar-refractivity contribution in [2.24, 2.45) is 5.92 Å². The number of amides is 1. The van der Waals surface area contributed by atoms with Gasteiger partial charge >= 0.3 is 0 Å². The van der Waals surface area contributed by atoms with Crippen LogP contribution in [0.2, 0.25) is 0 Å². The number of carbonyl (C=O) groups excluding carboxylic acids is 1. The number of carbonyl (C=O) groups is 1. The van der Waals surface area contributed by atoms with E-state index < -0.39 is 0 Å². The summed E-state index contributed by atoms with van der Waals surface area (Å²) in [5, 5.41) is 7.59. The van der Waals surface area contributed by atoms with Crippen LogP contribution in [0.3, 0.4) is 0 Å². The number of hydrogen-bond donors (Lipinski definition) is 1. The zero-order valence-corrected chi connectivity index (χ0v) is 16.7. The average Bonchev–Trinajstić information content (AvgIpc) is 3.15. The molecule has 4 rings (SSSR count). The van der Waals surface area contributed by atoms with Crippen LogP contribution >= 0.6 is 0 Å². The summed E-state index contributed by atoms with van der Waals surface area (Å²) < 4.78 is 1.81. The Morgan fingerprint density at radius 3 is 2.46 bits per heavy atom. The SMILES string of the molecule is O=C(NC1CCCC[C@H]1CN1CCCCCC1)c1ccc(-n2cccn2)cc1. The van der Waals surface area contributed by atoms with Crippen molar-refractivity contribution >= 4 is 5.91 Å². The van der Waals surface area contributed by atoms with Gasteiger partial charge in [-0.05, 0) is 75.0 Å². The van der Waals surface area contributed by atoms with Crippen molar-refractivity contribution in [1.82, 2.24) is 20.0 Å². The molecule has 28 heavy (non-hydrogen) atoms. The lowest BCUT2D eigenvalue weighted by atomic mass is 9.84. The fourth-order valence-electron chi connectivity index (χ4n) is 4.71. The van der Waals surface area contributed by atoms with Crippen molar-refractivity contribution in [2.75, 3.05) is 19.6 Å². The van der Waals surface area contributed by atoms with E-state index in [0.717, 1.165) is 24.2 Å². The zero-order valence-electron chi connectivity index (χ0n) is 16.7. The minimum Gasteiger partial charge on any atom is -0.349 e. The highest BCUT2D eigenvalue weighted by molar-refractivity contribution is 5.94. The minimum absolute atomic E-state index is 0.0554. The Bertz CT molecular complexity index is 732. The third-order valence-corrected chi connectivity index (χ3v) is 6.32. The van der Waals surface area contributed by atoms with Crippen LogP contribution in [0, 0.1) is 5.92 Å². The minimum atomic E-state index is 0.0554. The van der Waals surface area contributed by atoms with E-state index in [1.54, 1.807) is 10.9 Å². The summed E-state index contributed by atoms with van der Waals surface area (Å²) in [6.45, 7) is 3.60. The number of aromatic nitrogens is 2. The molecule has 2 heterocycles. The molecule has 5 nitrogen and oxygen atoms in total. The van der Waals surface area contributed by atoms with Gasteiger partial charge in [0.05, 0.1) is 5.69 Å². The van der Waals surface area contributed by atoms with E-state index in [1.165, 1.54) is 58.0 Å². The fraction of sp³-hybridized carbons (Fsp3) is 0.565. The largest absolute Gasteiger partial charge is 0.349 e. The van der Waals surface area contributed by atoms with Crippen LogP contribution in [0.5, 0.6) is 0 Å². The van der Waals surface area contributed by atoms with E-state index in [9.17, 15) is 4.79 Å². The number of nitrogens with zero attached hydrogens (tertiary/aromatic N) is 3. The Balaban J connectivity index is 1.37. The van der Waals surface area contributed by atoms with Gasteiger partial charge in [-0.1, -0.05) is 25.7 Å². The number of nitrogens with one attached hydrogen (secondary N) is 1. The topological polar surface area (TPSA) is 50.2 Å². The molecule has 0 spiro atoms. The van der Waals surface area contributed by atoms with Crippen molar-refractivity contribution in [1.29, 1.82) is 0 Å². The second-order valence-electron chi connectivity index (χ2n) is 8.34.